The summed E-state index contributed by atoms with van der Waals surface area (Å²) in [6.45, 7) is 1.64. The molecule has 0 saturated heterocycles. The van der Waals surface area contributed by atoms with Crippen molar-refractivity contribution in [1.82, 2.24) is 4.98 Å². The molecule has 2 radical (unpaired) electrons. The van der Waals surface area contributed by atoms with Gasteiger partial charge in [0.15, 0.2) is 0 Å². The molecule has 0 amide bonds. The Bertz CT molecular complexity index is 635. The van der Waals surface area contributed by atoms with Crippen LogP contribution in [0.2, 0.25) is 0 Å². The molecule has 3 nitrogen and oxygen atoms in total. The van der Waals surface area contributed by atoms with E-state index in [4.69, 9.17) is 19.4 Å². The van der Waals surface area contributed by atoms with Gasteiger partial charge in [0.05, 0.1) is 11.0 Å². The van der Waals surface area contributed by atoms with Crippen LogP contribution >= 0.6 is 11.6 Å². The van der Waals surface area contributed by atoms with E-state index in [-0.39, 0.29) is 11.5 Å². The Morgan fingerprint density at radius 2 is 2.29 bits per heavy atom. The third-order valence-electron chi connectivity index (χ3n) is 3.66. The van der Waals surface area contributed by atoms with Crippen molar-refractivity contribution in [1.29, 1.82) is 0 Å². The van der Waals surface area contributed by atoms with Crippen LogP contribution in [0.1, 0.15) is 25.3 Å². The number of aromatic amines is 1. The minimum absolute atomic E-state index is 0.156. The molecule has 2 unspecified atom stereocenters. The van der Waals surface area contributed by atoms with E-state index >= 15 is 0 Å². The minimum atomic E-state index is -0.682. The van der Waals surface area contributed by atoms with Crippen molar-refractivity contribution in [3.63, 3.8) is 0 Å². The molecule has 21 heavy (non-hydrogen) atoms. The van der Waals surface area contributed by atoms with Crippen molar-refractivity contribution >= 4 is 25.0 Å². The number of aliphatic hydroxyl groups is 1. The van der Waals surface area contributed by atoms with Gasteiger partial charge in [-0.25, -0.2) is 4.39 Å². The number of H-pyrrole nitrogens is 1. The number of alkyl halides is 1. The Hall–Kier alpha value is -1.33. The second-order valence-electron chi connectivity index (χ2n) is 5.34. The minimum Gasteiger partial charge on any atom is -0.393 e. The maximum absolute atomic E-state index is 13.4. The Morgan fingerprint density at radius 1 is 1.62 bits per heavy atom. The van der Waals surface area contributed by atoms with Gasteiger partial charge in [0.1, 0.15) is 13.7 Å². The lowest BCUT2D eigenvalue weighted by Gasteiger charge is -2.22. The first kappa shape index (κ1) is 16.1. The lowest BCUT2D eigenvalue weighted by molar-refractivity contribution is 0.143. The van der Waals surface area contributed by atoms with E-state index in [0.717, 1.165) is 25.1 Å². The Labute approximate surface area is 128 Å². The lowest BCUT2D eigenvalue weighted by atomic mass is 9.91. The molecule has 1 aliphatic carbocycles. The van der Waals surface area contributed by atoms with Gasteiger partial charge in [-0.1, -0.05) is 12.2 Å². The highest BCUT2D eigenvalue weighted by molar-refractivity contribution is 6.26. The van der Waals surface area contributed by atoms with Crippen molar-refractivity contribution < 1.29 is 9.50 Å². The van der Waals surface area contributed by atoms with E-state index in [1.54, 1.807) is 13.0 Å². The number of aromatic nitrogens is 1. The summed E-state index contributed by atoms with van der Waals surface area (Å²) in [4.78, 5) is 13.7. The van der Waals surface area contributed by atoms with Crippen LogP contribution in [-0.2, 0) is 0 Å². The maximum atomic E-state index is 13.4. The molecule has 1 heterocycles. The van der Waals surface area contributed by atoms with Crippen molar-refractivity contribution in [2.24, 2.45) is 5.92 Å². The summed E-state index contributed by atoms with van der Waals surface area (Å²) in [6.07, 6.45) is 5.09. The second kappa shape index (κ2) is 6.20. The van der Waals surface area contributed by atoms with Crippen molar-refractivity contribution in [3.8, 4) is 0 Å². The number of rotatable bonds is 5. The Morgan fingerprint density at radius 3 is 2.81 bits per heavy atom. The number of hydrogen-bond donors (Lipinski definition) is 2. The predicted molar refractivity (Wildman–Crippen MR) is 82.9 cm³/mol. The predicted octanol–water partition coefficient (Wildman–Crippen LogP) is 2.35. The monoisotopic (exact) mass is 307 g/mol. The van der Waals surface area contributed by atoms with Crippen LogP contribution in [0.4, 0.5) is 4.39 Å². The van der Waals surface area contributed by atoms with Gasteiger partial charge in [-0.05, 0) is 31.4 Å². The van der Waals surface area contributed by atoms with Gasteiger partial charge < -0.3 is 10.1 Å². The highest BCUT2D eigenvalue weighted by Gasteiger charge is 2.48. The zero-order valence-corrected chi connectivity index (χ0v) is 12.4. The summed E-state index contributed by atoms with van der Waals surface area (Å²) < 4.78 is 13.4. The summed E-state index contributed by atoms with van der Waals surface area (Å²) in [6, 6.07) is 1.14. The van der Waals surface area contributed by atoms with Crippen molar-refractivity contribution in [2.45, 2.75) is 30.7 Å². The molecule has 1 saturated carbocycles. The average molecular weight is 308 g/mol. The Balaban J connectivity index is 2.49. The van der Waals surface area contributed by atoms with Crippen molar-refractivity contribution in [2.75, 3.05) is 0 Å². The van der Waals surface area contributed by atoms with E-state index in [1.807, 2.05) is 0 Å². The van der Waals surface area contributed by atoms with Gasteiger partial charge in [-0.3, -0.25) is 4.79 Å². The van der Waals surface area contributed by atoms with Gasteiger partial charge in [0.25, 0.3) is 5.56 Å². The number of halogens is 2. The molecule has 1 aromatic rings. The summed E-state index contributed by atoms with van der Waals surface area (Å²) in [5.74, 6) is 0.373. The van der Waals surface area contributed by atoms with Crippen molar-refractivity contribution in [3.05, 3.63) is 52.1 Å². The van der Waals surface area contributed by atoms with Crippen LogP contribution in [0.3, 0.4) is 0 Å². The molecular weight excluding hydrogens is 291 g/mol. The van der Waals surface area contributed by atoms with Gasteiger partial charge >= 0.3 is 0 Å². The number of hydrogen-bond acceptors (Lipinski definition) is 2. The molecule has 2 atom stereocenters. The zero-order valence-electron chi connectivity index (χ0n) is 11.6. The lowest BCUT2D eigenvalue weighted by Crippen LogP contribution is -2.26. The number of pyridine rings is 1. The molecule has 2 N–H and O–H groups in total. The normalized spacial score (nSPS) is 20.5. The molecule has 1 aliphatic rings. The fourth-order valence-corrected chi connectivity index (χ4v) is 2.72. The summed E-state index contributed by atoms with van der Waals surface area (Å²) >= 11 is 6.39. The highest BCUT2D eigenvalue weighted by Crippen LogP contribution is 2.51. The van der Waals surface area contributed by atoms with E-state index in [9.17, 15) is 14.3 Å². The topological polar surface area (TPSA) is 53.1 Å². The molecule has 0 aliphatic heterocycles. The summed E-state index contributed by atoms with van der Waals surface area (Å²) in [7, 11) is 5.41. The molecule has 1 aromatic heterocycles. The second-order valence-corrected chi connectivity index (χ2v) is 6.10. The quantitative estimate of drug-likeness (QED) is 0.498. The van der Waals surface area contributed by atoms with Gasteiger partial charge in [0.2, 0.25) is 0 Å². The third-order valence-corrected chi connectivity index (χ3v) is 4.29. The Kier molecular flexibility index (Phi) is 4.74. The fraction of sp³-hybridized carbons (Fsp3) is 0.400. The van der Waals surface area contributed by atoms with Crippen LogP contribution in [0.5, 0.6) is 0 Å². The number of allylic oxidation sites excluding steroid dienone is 2. The van der Waals surface area contributed by atoms with Gasteiger partial charge in [-0.2, -0.15) is 0 Å². The molecule has 6 heteroatoms. The van der Waals surface area contributed by atoms with Crippen LogP contribution in [0, 0.1) is 11.7 Å². The van der Waals surface area contributed by atoms with E-state index in [0.29, 0.717) is 5.57 Å². The average Bonchev–Trinajstić information content (AvgIpc) is 3.16. The maximum Gasteiger partial charge on any atom is 0.255 e. The summed E-state index contributed by atoms with van der Waals surface area (Å²) in [5.41, 5.74) is 0.170. The number of nitrogens with one attached hydrogen (secondary N) is 1. The van der Waals surface area contributed by atoms with Crippen LogP contribution in [0.25, 0.3) is 5.57 Å². The smallest absolute Gasteiger partial charge is 0.255 e. The number of aliphatic hydroxyl groups excluding tert-OH is 1. The van der Waals surface area contributed by atoms with Crippen LogP contribution in [0.15, 0.2) is 35.2 Å². The largest absolute Gasteiger partial charge is 0.393 e. The highest BCUT2D eigenvalue weighted by atomic mass is 35.5. The van der Waals surface area contributed by atoms with E-state index < -0.39 is 22.4 Å². The standard InChI is InChI=1S/C15H16BClFNO2/c1-9(20)13(15(17)3-4-15)6-10(2-5-16)12-7-11(18)8-19-14(12)21/h2,5-9,13,20H,3-4H2,1H3,(H,19,21)/b5-2+,10-6+. The third kappa shape index (κ3) is 3.66. The zero-order chi connectivity index (χ0) is 15.6. The van der Waals surface area contributed by atoms with Gasteiger partial charge in [-0.15, -0.1) is 17.6 Å². The molecule has 0 bridgehead atoms. The van der Waals surface area contributed by atoms with Crippen LogP contribution < -0.4 is 5.56 Å². The molecule has 2 rings (SSSR count). The first-order valence-electron chi connectivity index (χ1n) is 6.73. The van der Waals surface area contributed by atoms with E-state index in [2.05, 4.69) is 4.98 Å². The molecule has 1 fully saturated rings. The molecule has 110 valence electrons. The molecular formula is C15H16BClFNO2. The SMILES string of the molecule is [B]/C=C/C(=C\C(C(C)O)C1(Cl)CC1)c1cc(F)c[nH]c1=O. The first-order chi connectivity index (χ1) is 9.87. The van der Waals surface area contributed by atoms with Gasteiger partial charge in [0, 0.05) is 17.7 Å². The first-order valence-corrected chi connectivity index (χ1v) is 7.11. The summed E-state index contributed by atoms with van der Waals surface area (Å²) in [5, 5.41) is 9.93. The molecule has 0 spiro atoms. The molecule has 0 aromatic carbocycles. The fourth-order valence-electron chi connectivity index (χ4n) is 2.38. The van der Waals surface area contributed by atoms with Crippen LogP contribution in [-0.4, -0.2) is 28.9 Å². The van der Waals surface area contributed by atoms with E-state index in [1.165, 1.54) is 12.1 Å².